The van der Waals surface area contributed by atoms with Crippen LogP contribution in [0.15, 0.2) is 35.5 Å². The first-order chi connectivity index (χ1) is 13.5. The number of aromatic nitrogens is 2. The molecule has 0 fully saturated rings. The van der Waals surface area contributed by atoms with Gasteiger partial charge in [-0.1, -0.05) is 13.8 Å². The molecule has 158 valence electrons. The van der Waals surface area contributed by atoms with E-state index in [1.54, 1.807) is 30.1 Å². The third kappa shape index (κ3) is 4.55. The van der Waals surface area contributed by atoms with Crippen molar-refractivity contribution in [2.75, 3.05) is 22.8 Å². The third-order valence-electron chi connectivity index (χ3n) is 4.84. The van der Waals surface area contributed by atoms with Gasteiger partial charge in [0.05, 0.1) is 23.0 Å². The molecule has 0 radical (unpaired) electrons. The monoisotopic (exact) mass is 420 g/mol. The minimum atomic E-state index is -3.77. The van der Waals surface area contributed by atoms with Crippen LogP contribution in [0.2, 0.25) is 0 Å². The van der Waals surface area contributed by atoms with Crippen molar-refractivity contribution in [3.8, 4) is 5.75 Å². The Morgan fingerprint density at radius 2 is 2.03 bits per heavy atom. The number of carbonyl (C=O) groups is 1. The zero-order chi connectivity index (χ0) is 21.4. The van der Waals surface area contributed by atoms with Gasteiger partial charge >= 0.3 is 0 Å². The Kier molecular flexibility index (Phi) is 5.62. The first kappa shape index (κ1) is 21.2. The lowest BCUT2D eigenvalue weighted by molar-refractivity contribution is -0.127. The molecule has 1 N–H and O–H groups in total. The molecule has 2 aromatic rings. The van der Waals surface area contributed by atoms with Crippen LogP contribution in [0, 0.1) is 11.3 Å². The first-order valence-corrected chi connectivity index (χ1v) is 11.1. The van der Waals surface area contributed by atoms with E-state index < -0.39 is 15.4 Å². The van der Waals surface area contributed by atoms with Crippen LogP contribution >= 0.6 is 0 Å². The fraction of sp³-hybridized carbons (Fsp3) is 0.500. The molecule has 1 aliphatic heterocycles. The fourth-order valence-electron chi connectivity index (χ4n) is 3.07. The lowest BCUT2D eigenvalue weighted by Gasteiger charge is -2.28. The maximum atomic E-state index is 13.1. The Bertz CT molecular complexity index is 1010. The van der Waals surface area contributed by atoms with E-state index in [9.17, 15) is 13.2 Å². The topological polar surface area (TPSA) is 93.5 Å². The van der Waals surface area contributed by atoms with E-state index in [4.69, 9.17) is 4.74 Å². The molecule has 0 unspecified atom stereocenters. The number of nitrogens with one attached hydrogen (secondary N) is 1. The van der Waals surface area contributed by atoms with Gasteiger partial charge in [0, 0.05) is 25.9 Å². The minimum Gasteiger partial charge on any atom is -0.490 e. The van der Waals surface area contributed by atoms with Gasteiger partial charge < -0.3 is 9.64 Å². The van der Waals surface area contributed by atoms with Crippen LogP contribution in [0.25, 0.3) is 0 Å². The number of anilines is 2. The van der Waals surface area contributed by atoms with Crippen molar-refractivity contribution in [2.24, 2.45) is 18.4 Å². The second kappa shape index (κ2) is 7.70. The summed E-state index contributed by atoms with van der Waals surface area (Å²) in [6, 6.07) is 5.00. The van der Waals surface area contributed by atoms with E-state index >= 15 is 0 Å². The minimum absolute atomic E-state index is 0.000547. The molecule has 1 amide bonds. The highest BCUT2D eigenvalue weighted by Crippen LogP contribution is 2.38. The normalized spacial score (nSPS) is 16.3. The molecule has 0 spiro atoms. The summed E-state index contributed by atoms with van der Waals surface area (Å²) < 4.78 is 35.1. The number of amides is 1. The summed E-state index contributed by atoms with van der Waals surface area (Å²) in [6.07, 6.45) is 3.57. The number of hydrogen-bond acceptors (Lipinski definition) is 5. The van der Waals surface area contributed by atoms with E-state index in [2.05, 4.69) is 23.7 Å². The predicted octanol–water partition coefficient (Wildman–Crippen LogP) is 3.02. The van der Waals surface area contributed by atoms with Crippen LogP contribution in [0.1, 0.15) is 34.1 Å². The molecule has 29 heavy (non-hydrogen) atoms. The maximum absolute atomic E-state index is 13.1. The Balaban J connectivity index is 1.93. The van der Waals surface area contributed by atoms with Crippen molar-refractivity contribution >= 4 is 27.3 Å². The number of nitrogens with zero attached hydrogens (tertiary/aromatic N) is 3. The highest BCUT2D eigenvalue weighted by atomic mass is 32.2. The number of hydrogen-bond donors (Lipinski definition) is 1. The molecule has 1 aliphatic rings. The molecule has 9 heteroatoms. The average molecular weight is 421 g/mol. The number of ether oxygens (including phenoxy) is 1. The Morgan fingerprint density at radius 1 is 1.31 bits per heavy atom. The lowest BCUT2D eigenvalue weighted by atomic mass is 9.92. The lowest BCUT2D eigenvalue weighted by Crippen LogP contribution is -2.42. The van der Waals surface area contributed by atoms with E-state index in [1.165, 1.54) is 17.1 Å². The summed E-state index contributed by atoms with van der Waals surface area (Å²) in [7, 11) is -2.11. The van der Waals surface area contributed by atoms with Crippen LogP contribution in [-0.2, 0) is 21.9 Å². The van der Waals surface area contributed by atoms with Gasteiger partial charge in [-0.15, -0.1) is 0 Å². The molecule has 0 bridgehead atoms. The van der Waals surface area contributed by atoms with Gasteiger partial charge in [0.2, 0.25) is 5.91 Å². The van der Waals surface area contributed by atoms with Crippen LogP contribution in [0.5, 0.6) is 5.75 Å². The molecule has 1 aromatic heterocycles. The Labute approximate surface area is 171 Å². The molecular weight excluding hydrogens is 392 g/mol. The summed E-state index contributed by atoms with van der Waals surface area (Å²) in [5, 5.41) is 3.90. The molecule has 8 nitrogen and oxygen atoms in total. The van der Waals surface area contributed by atoms with Gasteiger partial charge in [-0.05, 0) is 38.3 Å². The van der Waals surface area contributed by atoms with Crippen molar-refractivity contribution in [2.45, 2.75) is 39.0 Å². The fourth-order valence-corrected chi connectivity index (χ4v) is 4.10. The molecule has 1 aromatic carbocycles. The second-order valence-electron chi connectivity index (χ2n) is 8.45. The summed E-state index contributed by atoms with van der Waals surface area (Å²) in [6.45, 7) is 8.74. The number of rotatable bonds is 6. The van der Waals surface area contributed by atoms with E-state index in [0.29, 0.717) is 29.6 Å². The highest BCUT2D eigenvalue weighted by molar-refractivity contribution is 7.92. The molecular formula is C20H28N4O4S. The zero-order valence-corrected chi connectivity index (χ0v) is 18.3. The second-order valence-corrected chi connectivity index (χ2v) is 10.1. The van der Waals surface area contributed by atoms with Gasteiger partial charge in [0.25, 0.3) is 10.0 Å². The van der Waals surface area contributed by atoms with Crippen molar-refractivity contribution in [1.82, 2.24) is 9.78 Å². The zero-order valence-electron chi connectivity index (χ0n) is 17.5. The summed E-state index contributed by atoms with van der Waals surface area (Å²) >= 11 is 0. The molecule has 0 atom stereocenters. The van der Waals surface area contributed by atoms with Gasteiger partial charge in [-0.2, -0.15) is 5.10 Å². The van der Waals surface area contributed by atoms with Crippen molar-refractivity contribution < 1.29 is 17.9 Å². The van der Waals surface area contributed by atoms with Crippen LogP contribution in [0.4, 0.5) is 11.4 Å². The average Bonchev–Trinajstić information content (AvgIpc) is 3.04. The molecule has 0 aliphatic carbocycles. The van der Waals surface area contributed by atoms with Crippen LogP contribution in [0.3, 0.4) is 0 Å². The summed E-state index contributed by atoms with van der Waals surface area (Å²) in [5.41, 5.74) is 0.347. The Hall–Kier alpha value is -2.55. The molecule has 0 saturated heterocycles. The number of carbonyl (C=O) groups excluding carboxylic acids is 1. The smallest absolute Gasteiger partial charge is 0.265 e. The number of sulfonamides is 1. The SMILES string of the molecule is CC(C)CCN1C(=O)C(C)(C)COc2cc(NS(=O)(=O)c3cnn(C)c3)ccc21. The van der Waals surface area contributed by atoms with Gasteiger partial charge in [0.1, 0.15) is 17.3 Å². The van der Waals surface area contributed by atoms with Crippen LogP contribution < -0.4 is 14.4 Å². The molecule has 3 rings (SSSR count). The number of fused-ring (bicyclic) bond motifs is 1. The van der Waals surface area contributed by atoms with Crippen molar-refractivity contribution in [3.63, 3.8) is 0 Å². The largest absolute Gasteiger partial charge is 0.490 e. The standard InChI is InChI=1S/C20H28N4O4S/c1-14(2)8-9-24-17-7-6-15(10-18(17)28-13-20(3,4)19(24)25)22-29(26,27)16-11-21-23(5)12-16/h6-7,10-12,14,22H,8-9,13H2,1-5H3. The van der Waals surface area contributed by atoms with E-state index in [0.717, 1.165) is 6.42 Å². The van der Waals surface area contributed by atoms with E-state index in [-0.39, 0.29) is 17.4 Å². The number of aryl methyl sites for hydroxylation is 1. The first-order valence-electron chi connectivity index (χ1n) is 9.60. The van der Waals surface area contributed by atoms with Gasteiger partial charge in [0.15, 0.2) is 0 Å². The maximum Gasteiger partial charge on any atom is 0.265 e. The summed E-state index contributed by atoms with van der Waals surface area (Å²) in [4.78, 5) is 14.9. The molecule has 0 saturated carbocycles. The predicted molar refractivity (Wildman–Crippen MR) is 112 cm³/mol. The highest BCUT2D eigenvalue weighted by Gasteiger charge is 2.37. The van der Waals surface area contributed by atoms with Crippen LogP contribution in [-0.4, -0.2) is 37.3 Å². The Morgan fingerprint density at radius 3 is 2.66 bits per heavy atom. The van der Waals surface area contributed by atoms with Gasteiger partial charge in [-0.25, -0.2) is 8.42 Å². The third-order valence-corrected chi connectivity index (χ3v) is 6.17. The molecule has 2 heterocycles. The van der Waals surface area contributed by atoms with Crippen molar-refractivity contribution in [1.29, 1.82) is 0 Å². The quantitative estimate of drug-likeness (QED) is 0.775. The van der Waals surface area contributed by atoms with Gasteiger partial charge in [-0.3, -0.25) is 14.2 Å². The number of benzene rings is 1. The van der Waals surface area contributed by atoms with Crippen molar-refractivity contribution in [3.05, 3.63) is 30.6 Å². The van der Waals surface area contributed by atoms with E-state index in [1.807, 2.05) is 13.8 Å². The summed E-state index contributed by atoms with van der Waals surface area (Å²) in [5.74, 6) is 0.934.